The largest absolute Gasteiger partial charge is 0.481 e. The van der Waals surface area contributed by atoms with Gasteiger partial charge in [-0.15, -0.1) is 0 Å². The van der Waals surface area contributed by atoms with Crippen LogP contribution in [0, 0.1) is 11.8 Å². The number of nitrogens with zero attached hydrogens (tertiary/aromatic N) is 1. The van der Waals surface area contributed by atoms with E-state index in [0.29, 0.717) is 34.0 Å². The van der Waals surface area contributed by atoms with E-state index in [1.54, 1.807) is 119 Å². The Morgan fingerprint density at radius 2 is 0.964 bits per heavy atom. The number of fused-ring (bicyclic) bond motifs is 2. The van der Waals surface area contributed by atoms with Crippen LogP contribution in [0.25, 0.3) is 10.9 Å². The average Bonchev–Trinajstić information content (AvgIpc) is 1.73. The van der Waals surface area contributed by atoms with E-state index in [4.69, 9.17) is 5.73 Å². The lowest BCUT2D eigenvalue weighted by molar-refractivity contribution is -0.143. The second-order valence-electron chi connectivity index (χ2n) is 27.8. The predicted molar refractivity (Wildman–Crippen MR) is 405 cm³/mol. The third kappa shape index (κ3) is 28.7. The van der Waals surface area contributed by atoms with E-state index in [-0.39, 0.29) is 68.4 Å². The lowest BCUT2D eigenvalue weighted by atomic mass is 10.0. The standard InChI is InChI=1S/C73H98N16O20S2/c1-37(2)25-48-66(101)80-41(7)72(107)89-24-16-23-56(89)71(106)79-40(6)62(97)88-55(73(108)109)36-111-110-35-54(87-63(98)46(74)27-42-17-10-8-11-18-42)70(105)78-39(5)61(96)83-49(26-38(3)4)67(102)86-52(30-59(92)93)65(100)77-34-58(91)82-53(31-60(94)95)69(104)85-50(28-43-19-12-9-13-20-43)64(99)76-33-57(90)81-51(68(103)84-48)29-44-32-75-47-22-15-14-21-45(44)47/h8-15,17-22,32,37-41,46,48-56,75H,16,23-31,33-36,74H2,1-7H3,(H,76,99)(H,77,100)(H,78,105)(H,79,106)(H,80,101)(H,81,90)(H,82,91)(H,83,96)(H,84,103)(H,85,104)(H,86,102)(H,87,98)(H,88,97)(H,92,93)(H,94,95)(H,108,109)/t39-,40-,41-,46-,48-,49-,50-,51-,52-,53-,54-,55-,56-/m0/s1. The molecule has 0 unspecified atom stereocenters. The Hall–Kier alpha value is -11.1. The van der Waals surface area contributed by atoms with Crippen molar-refractivity contribution in [3.63, 3.8) is 0 Å². The van der Waals surface area contributed by atoms with Gasteiger partial charge in [-0.25, -0.2) is 4.79 Å². The smallest absolute Gasteiger partial charge is 0.327 e. The van der Waals surface area contributed by atoms with Gasteiger partial charge in [-0.1, -0.05) is 128 Å². The second-order valence-corrected chi connectivity index (χ2v) is 30.4. The zero-order chi connectivity index (χ0) is 81.8. The van der Waals surface area contributed by atoms with Gasteiger partial charge >= 0.3 is 17.9 Å². The SMILES string of the molecule is CC(C)C[C@@H]1NC(=O)[C@H](C)NC(=O)[C@@H](NC(=O)[C@@H](N)Cc2ccccc2)CSSC[C@@H](C(=O)O)NC(=O)[C@H](C)NC(=O)[C@@H]2CCCN2C(=O)[C@H](C)NC(=O)[C@H](CC(C)C)NC(=O)[C@H](Cc2c[nH]c3ccccc23)NC(=O)CNC(=O)[C@H](Cc2ccccc2)NC(=O)[C@H](CC(=O)O)NC(=O)CNC(=O)[C@H](CC(=O)O)NC1=O. The second kappa shape index (κ2) is 43.3. The van der Waals surface area contributed by atoms with Gasteiger partial charge in [0.1, 0.15) is 72.5 Å². The monoisotopic (exact) mass is 1580 g/mol. The first-order chi connectivity index (χ1) is 52.6. The summed E-state index contributed by atoms with van der Waals surface area (Å²) in [6.45, 7) is 8.86. The number of hydrogen-bond donors (Lipinski definition) is 18. The van der Waals surface area contributed by atoms with Crippen LogP contribution in [0.15, 0.2) is 91.1 Å². The predicted octanol–water partition coefficient (Wildman–Crippen LogP) is -2.34. The van der Waals surface area contributed by atoms with Crippen molar-refractivity contribution in [3.05, 3.63) is 108 Å². The molecule has 0 spiro atoms. The fraction of sp³-hybridized carbons (Fsp3) is 0.493. The molecule has 0 bridgehead atoms. The maximum atomic E-state index is 14.7. The number of carbonyl (C=O) groups is 17. The first kappa shape index (κ1) is 88.7. The first-order valence-electron chi connectivity index (χ1n) is 36.0. The molecule has 111 heavy (non-hydrogen) atoms. The maximum Gasteiger partial charge on any atom is 0.327 e. The van der Waals surface area contributed by atoms with Crippen molar-refractivity contribution in [2.75, 3.05) is 31.1 Å². The number of benzene rings is 3. The Kier molecular flexibility index (Phi) is 34.6. The van der Waals surface area contributed by atoms with E-state index >= 15 is 0 Å². The molecule has 2 aliphatic rings. The quantitative estimate of drug-likeness (QED) is 0.0493. The molecule has 3 aromatic carbocycles. The van der Waals surface area contributed by atoms with Crippen molar-refractivity contribution in [1.82, 2.24) is 79.0 Å². The van der Waals surface area contributed by atoms with Crippen LogP contribution in [0.1, 0.15) is 104 Å². The molecule has 14 amide bonds. The van der Waals surface area contributed by atoms with Crippen molar-refractivity contribution in [1.29, 1.82) is 0 Å². The van der Waals surface area contributed by atoms with Gasteiger partial charge in [0.05, 0.1) is 32.0 Å². The number of nitrogens with one attached hydrogen (secondary N) is 14. The highest BCUT2D eigenvalue weighted by Crippen LogP contribution is 2.25. The Bertz CT molecular complexity index is 4020. The Morgan fingerprint density at radius 3 is 1.55 bits per heavy atom. The highest BCUT2D eigenvalue weighted by molar-refractivity contribution is 8.76. The van der Waals surface area contributed by atoms with Crippen molar-refractivity contribution in [3.8, 4) is 0 Å². The van der Waals surface area contributed by atoms with E-state index in [9.17, 15) is 96.8 Å². The highest BCUT2D eigenvalue weighted by atomic mass is 33.1. The Balaban J connectivity index is 1.30. The molecule has 13 atom stereocenters. The normalized spacial score (nSPS) is 24.9. The Morgan fingerprint density at radius 1 is 0.505 bits per heavy atom. The summed E-state index contributed by atoms with van der Waals surface area (Å²) in [6.07, 6.45) is -0.745. The van der Waals surface area contributed by atoms with Gasteiger partial charge in [0.25, 0.3) is 0 Å². The molecular formula is C73H98N16O20S2. The lowest BCUT2D eigenvalue weighted by Crippen LogP contribution is -2.59. The van der Waals surface area contributed by atoms with Crippen LogP contribution >= 0.6 is 21.6 Å². The summed E-state index contributed by atoms with van der Waals surface area (Å²) in [7, 11) is 1.73. The minimum Gasteiger partial charge on any atom is -0.481 e. The molecule has 4 aromatic rings. The molecule has 0 aliphatic carbocycles. The van der Waals surface area contributed by atoms with Crippen molar-refractivity contribution in [2.24, 2.45) is 17.6 Å². The van der Waals surface area contributed by atoms with Crippen LogP contribution in [-0.2, 0) is 101 Å². The molecule has 2 saturated heterocycles. The van der Waals surface area contributed by atoms with E-state index < -0.39 is 205 Å². The number of aromatic nitrogens is 1. The van der Waals surface area contributed by atoms with Crippen LogP contribution in [0.2, 0.25) is 0 Å². The van der Waals surface area contributed by atoms with E-state index in [1.165, 1.54) is 25.7 Å². The molecule has 19 N–H and O–H groups in total. The molecule has 3 heterocycles. The van der Waals surface area contributed by atoms with Gasteiger partial charge in [-0.3, -0.25) is 76.7 Å². The van der Waals surface area contributed by atoms with E-state index in [0.717, 1.165) is 21.6 Å². The van der Waals surface area contributed by atoms with Gasteiger partial charge in [-0.2, -0.15) is 0 Å². The molecule has 36 nitrogen and oxygen atoms in total. The van der Waals surface area contributed by atoms with Crippen molar-refractivity contribution < 1.29 is 96.8 Å². The molecule has 2 fully saturated rings. The summed E-state index contributed by atoms with van der Waals surface area (Å²) in [5.74, 6) is -19.8. The minimum absolute atomic E-state index is 0.000368. The van der Waals surface area contributed by atoms with Gasteiger partial charge in [-0.05, 0) is 87.5 Å². The number of carboxylic acid groups (broad SMARTS) is 3. The summed E-state index contributed by atoms with van der Waals surface area (Å²) in [5.41, 5.74) is 8.63. The van der Waals surface area contributed by atoms with E-state index in [2.05, 4.69) is 74.1 Å². The average molecular weight is 1580 g/mol. The van der Waals surface area contributed by atoms with Crippen molar-refractivity contribution >= 4 is 133 Å². The molecule has 6 rings (SSSR count). The van der Waals surface area contributed by atoms with E-state index in [1.807, 2.05) is 0 Å². The number of para-hydroxylation sites is 1. The molecule has 0 radical (unpaired) electrons. The molecular weight excluding hydrogens is 1490 g/mol. The molecule has 2 aliphatic heterocycles. The van der Waals surface area contributed by atoms with Crippen LogP contribution < -0.4 is 74.9 Å². The van der Waals surface area contributed by atoms with Gasteiger partial charge in [0, 0.05) is 48.0 Å². The van der Waals surface area contributed by atoms with Crippen molar-refractivity contribution in [2.45, 2.75) is 185 Å². The fourth-order valence-electron chi connectivity index (χ4n) is 12.0. The fourth-order valence-corrected chi connectivity index (χ4v) is 14.3. The summed E-state index contributed by atoms with van der Waals surface area (Å²) in [6, 6.07) is 4.15. The zero-order valence-electron chi connectivity index (χ0n) is 62.3. The summed E-state index contributed by atoms with van der Waals surface area (Å²) >= 11 is 0. The lowest BCUT2D eigenvalue weighted by Gasteiger charge is -2.29. The number of H-pyrrole nitrogens is 1. The molecule has 0 saturated carbocycles. The Labute approximate surface area is 647 Å². The number of hydrogen-bond acceptors (Lipinski definition) is 20. The van der Waals surface area contributed by atoms with Gasteiger partial charge in [0.2, 0.25) is 82.7 Å². The maximum absolute atomic E-state index is 14.7. The van der Waals surface area contributed by atoms with Crippen LogP contribution in [0.4, 0.5) is 0 Å². The number of carboxylic acids is 3. The third-order valence-corrected chi connectivity index (χ3v) is 20.2. The number of aromatic amines is 1. The van der Waals surface area contributed by atoms with Crippen LogP contribution in [0.3, 0.4) is 0 Å². The third-order valence-electron chi connectivity index (χ3n) is 17.7. The number of rotatable bonds is 17. The number of amides is 14. The molecule has 1 aromatic heterocycles. The topological polar surface area (TPSA) is 552 Å². The summed E-state index contributed by atoms with van der Waals surface area (Å²) in [4.78, 5) is 238. The number of aliphatic carboxylic acids is 3. The first-order valence-corrected chi connectivity index (χ1v) is 38.5. The number of carbonyl (C=O) groups excluding carboxylic acids is 14. The number of nitrogens with two attached hydrogens (primary N) is 1. The summed E-state index contributed by atoms with van der Waals surface area (Å²) in [5, 5.41) is 62.6. The van der Waals surface area contributed by atoms with Gasteiger partial charge < -0.3 is 100 Å². The van der Waals surface area contributed by atoms with Crippen LogP contribution in [-0.4, -0.2) is 235 Å². The van der Waals surface area contributed by atoms with Gasteiger partial charge in [0.15, 0.2) is 0 Å². The molecule has 602 valence electrons. The summed E-state index contributed by atoms with van der Waals surface area (Å²) < 4.78 is 0. The van der Waals surface area contributed by atoms with Crippen LogP contribution in [0.5, 0.6) is 0 Å². The zero-order valence-corrected chi connectivity index (χ0v) is 64.0. The molecule has 38 heteroatoms. The minimum atomic E-state index is -1.98. The highest BCUT2D eigenvalue weighted by Gasteiger charge is 2.40.